The van der Waals surface area contributed by atoms with Crippen LogP contribution in [0, 0.1) is 5.82 Å². The minimum atomic E-state index is -3.90. The number of aryl methyl sites for hydroxylation is 1. The minimum Gasteiger partial charge on any atom is -0.480 e. The molecule has 1 heterocycles. The minimum absolute atomic E-state index is 0.0654. The van der Waals surface area contributed by atoms with Crippen LogP contribution in [0.3, 0.4) is 0 Å². The van der Waals surface area contributed by atoms with Crippen LogP contribution in [0.15, 0.2) is 47.4 Å². The van der Waals surface area contributed by atoms with Gasteiger partial charge in [-0.25, -0.2) is 17.8 Å². The average molecular weight is 434 g/mol. The van der Waals surface area contributed by atoms with E-state index in [1.54, 1.807) is 22.8 Å². The monoisotopic (exact) mass is 434 g/mol. The standard InChI is InChI=1S/C20H23FN4O4S/c1-3-4-5-19-22-17-12-15(8-11-18(17)25(19)13-20(26)27)24(2)23-30(28,29)16-9-6-14(21)7-10-16/h6-12,23H,3-5,13H2,1-2H3,(H,26,27). The second-order valence-electron chi connectivity index (χ2n) is 6.89. The highest BCUT2D eigenvalue weighted by atomic mass is 32.2. The lowest BCUT2D eigenvalue weighted by atomic mass is 10.2. The Morgan fingerprint density at radius 1 is 1.23 bits per heavy atom. The van der Waals surface area contributed by atoms with E-state index in [9.17, 15) is 22.7 Å². The first kappa shape index (κ1) is 21.7. The molecule has 0 atom stereocenters. The summed E-state index contributed by atoms with van der Waals surface area (Å²) in [5, 5.41) is 10.6. The van der Waals surface area contributed by atoms with Crippen molar-refractivity contribution in [2.45, 2.75) is 37.6 Å². The number of fused-ring (bicyclic) bond motifs is 1. The Kier molecular flexibility index (Phi) is 6.37. The lowest BCUT2D eigenvalue weighted by Gasteiger charge is -2.20. The third-order valence-corrected chi connectivity index (χ3v) is 6.03. The lowest BCUT2D eigenvalue weighted by molar-refractivity contribution is -0.137. The molecule has 2 N–H and O–H groups in total. The summed E-state index contributed by atoms with van der Waals surface area (Å²) in [5.74, 6) is -0.801. The molecule has 0 bridgehead atoms. The molecule has 0 saturated heterocycles. The summed E-state index contributed by atoms with van der Waals surface area (Å²) in [7, 11) is -2.37. The second kappa shape index (κ2) is 8.80. The summed E-state index contributed by atoms with van der Waals surface area (Å²) in [6.45, 7) is 1.85. The van der Waals surface area contributed by atoms with E-state index in [4.69, 9.17) is 0 Å². The molecule has 3 aromatic rings. The Bertz CT molecular complexity index is 1160. The Balaban J connectivity index is 1.90. The van der Waals surface area contributed by atoms with E-state index in [1.807, 2.05) is 6.92 Å². The summed E-state index contributed by atoms with van der Waals surface area (Å²) in [5.41, 5.74) is 1.77. The summed E-state index contributed by atoms with van der Waals surface area (Å²) in [6, 6.07) is 9.61. The molecule has 0 amide bonds. The van der Waals surface area contributed by atoms with Crippen molar-refractivity contribution in [3.05, 3.63) is 54.1 Å². The molecule has 0 aliphatic heterocycles. The van der Waals surface area contributed by atoms with E-state index in [-0.39, 0.29) is 11.4 Å². The number of anilines is 1. The highest BCUT2D eigenvalue weighted by Gasteiger charge is 2.18. The Hall–Kier alpha value is -2.98. The van der Waals surface area contributed by atoms with Crippen LogP contribution in [-0.2, 0) is 27.8 Å². The van der Waals surface area contributed by atoms with Gasteiger partial charge in [0.15, 0.2) is 0 Å². The molecule has 0 aliphatic rings. The molecule has 2 aromatic carbocycles. The number of hydrazine groups is 1. The van der Waals surface area contributed by atoms with Crippen LogP contribution < -0.4 is 9.84 Å². The van der Waals surface area contributed by atoms with Crippen molar-refractivity contribution in [2.75, 3.05) is 12.1 Å². The van der Waals surface area contributed by atoms with E-state index in [1.165, 1.54) is 24.2 Å². The molecule has 3 rings (SSSR count). The molecule has 160 valence electrons. The fourth-order valence-corrected chi connectivity index (χ4v) is 4.18. The molecule has 30 heavy (non-hydrogen) atoms. The lowest BCUT2D eigenvalue weighted by Crippen LogP contribution is -2.39. The zero-order valence-corrected chi connectivity index (χ0v) is 17.5. The number of halogens is 1. The topological polar surface area (TPSA) is 105 Å². The van der Waals surface area contributed by atoms with E-state index in [0.29, 0.717) is 29.0 Å². The molecule has 1 aromatic heterocycles. The zero-order chi connectivity index (χ0) is 21.9. The van der Waals surface area contributed by atoms with E-state index < -0.39 is 21.8 Å². The smallest absolute Gasteiger partial charge is 0.323 e. The number of unbranched alkanes of at least 4 members (excludes halogenated alkanes) is 1. The maximum absolute atomic E-state index is 13.1. The number of benzene rings is 2. The van der Waals surface area contributed by atoms with E-state index in [0.717, 1.165) is 25.0 Å². The molecule has 8 nitrogen and oxygen atoms in total. The number of hydrogen-bond donors (Lipinski definition) is 2. The largest absolute Gasteiger partial charge is 0.480 e. The third kappa shape index (κ3) is 4.77. The maximum atomic E-state index is 13.1. The van der Waals surface area contributed by atoms with Crippen LogP contribution in [0.4, 0.5) is 10.1 Å². The van der Waals surface area contributed by atoms with Crippen molar-refractivity contribution in [3.63, 3.8) is 0 Å². The number of nitrogens with zero attached hydrogens (tertiary/aromatic N) is 3. The number of aromatic nitrogens is 2. The van der Waals surface area contributed by atoms with Gasteiger partial charge in [0.25, 0.3) is 10.0 Å². The Morgan fingerprint density at radius 2 is 1.93 bits per heavy atom. The first-order valence-corrected chi connectivity index (χ1v) is 10.9. The third-order valence-electron chi connectivity index (χ3n) is 4.63. The maximum Gasteiger partial charge on any atom is 0.323 e. The number of aliphatic carboxylic acids is 1. The summed E-state index contributed by atoms with van der Waals surface area (Å²) in [4.78, 5) is 18.2. The van der Waals surface area contributed by atoms with Crippen LogP contribution in [0.1, 0.15) is 25.6 Å². The fraction of sp³-hybridized carbons (Fsp3) is 0.300. The van der Waals surface area contributed by atoms with Gasteiger partial charge in [0.2, 0.25) is 0 Å². The molecular formula is C20H23FN4O4S. The quantitative estimate of drug-likeness (QED) is 0.502. The highest BCUT2D eigenvalue weighted by Crippen LogP contribution is 2.23. The Labute approximate surface area is 174 Å². The molecule has 0 unspecified atom stereocenters. The average Bonchev–Trinajstić information content (AvgIpc) is 3.02. The van der Waals surface area contributed by atoms with Crippen molar-refractivity contribution >= 4 is 32.7 Å². The van der Waals surface area contributed by atoms with Gasteiger partial charge in [-0.3, -0.25) is 9.80 Å². The number of nitrogens with one attached hydrogen (secondary N) is 1. The first-order chi connectivity index (χ1) is 14.2. The van der Waals surface area contributed by atoms with Crippen LogP contribution in [0.2, 0.25) is 0 Å². The van der Waals surface area contributed by atoms with Gasteiger partial charge in [-0.05, 0) is 48.9 Å². The van der Waals surface area contributed by atoms with Crippen LogP contribution in [0.5, 0.6) is 0 Å². The van der Waals surface area contributed by atoms with Crippen molar-refractivity contribution in [1.82, 2.24) is 14.4 Å². The molecular weight excluding hydrogens is 411 g/mol. The molecule has 0 radical (unpaired) electrons. The van der Waals surface area contributed by atoms with Gasteiger partial charge in [0.05, 0.1) is 21.6 Å². The molecule has 10 heteroatoms. The van der Waals surface area contributed by atoms with E-state index >= 15 is 0 Å². The second-order valence-corrected chi connectivity index (χ2v) is 8.55. The van der Waals surface area contributed by atoms with Crippen molar-refractivity contribution < 1.29 is 22.7 Å². The Morgan fingerprint density at radius 3 is 2.57 bits per heavy atom. The predicted molar refractivity (Wildman–Crippen MR) is 111 cm³/mol. The number of carboxylic acid groups (broad SMARTS) is 1. The van der Waals surface area contributed by atoms with Gasteiger partial charge >= 0.3 is 5.97 Å². The molecule has 0 aliphatic carbocycles. The van der Waals surface area contributed by atoms with Gasteiger partial charge in [0.1, 0.15) is 18.2 Å². The van der Waals surface area contributed by atoms with E-state index in [2.05, 4.69) is 9.82 Å². The normalized spacial score (nSPS) is 11.7. The number of carboxylic acids is 1. The van der Waals surface area contributed by atoms with Crippen molar-refractivity contribution in [1.29, 1.82) is 0 Å². The number of imidazole rings is 1. The van der Waals surface area contributed by atoms with Crippen molar-refractivity contribution in [3.8, 4) is 0 Å². The summed E-state index contributed by atoms with van der Waals surface area (Å²) >= 11 is 0. The predicted octanol–water partition coefficient (Wildman–Crippen LogP) is 2.93. The van der Waals surface area contributed by atoms with Gasteiger partial charge in [0, 0.05) is 13.5 Å². The van der Waals surface area contributed by atoms with Crippen LogP contribution in [-0.4, -0.2) is 36.1 Å². The van der Waals surface area contributed by atoms with Gasteiger partial charge in [-0.1, -0.05) is 13.3 Å². The molecule has 0 saturated carbocycles. The number of hydrogen-bond acceptors (Lipinski definition) is 5. The van der Waals surface area contributed by atoms with Crippen LogP contribution >= 0.6 is 0 Å². The van der Waals surface area contributed by atoms with Gasteiger partial charge in [-0.15, -0.1) is 4.83 Å². The van der Waals surface area contributed by atoms with Gasteiger partial charge < -0.3 is 9.67 Å². The fourth-order valence-electron chi connectivity index (χ4n) is 3.11. The van der Waals surface area contributed by atoms with Gasteiger partial charge in [-0.2, -0.15) is 0 Å². The number of carbonyl (C=O) groups is 1. The van der Waals surface area contributed by atoms with Crippen molar-refractivity contribution in [2.24, 2.45) is 0 Å². The highest BCUT2D eigenvalue weighted by molar-refractivity contribution is 7.89. The SMILES string of the molecule is CCCCc1nc2cc(N(C)NS(=O)(=O)c3ccc(F)cc3)ccc2n1CC(=O)O. The number of rotatable bonds is 9. The molecule has 0 fully saturated rings. The summed E-state index contributed by atoms with van der Waals surface area (Å²) < 4.78 is 39.8. The number of sulfonamides is 1. The summed E-state index contributed by atoms with van der Waals surface area (Å²) in [6.07, 6.45) is 2.49. The molecule has 0 spiro atoms. The first-order valence-electron chi connectivity index (χ1n) is 9.44. The zero-order valence-electron chi connectivity index (χ0n) is 16.7. The van der Waals surface area contributed by atoms with Crippen LogP contribution in [0.25, 0.3) is 11.0 Å².